The fraction of sp³-hybridized carbons (Fsp3) is 0.471. The molecule has 0 unspecified atom stereocenters. The normalized spacial score (nSPS) is 17.5. The van der Waals surface area contributed by atoms with Gasteiger partial charge in [-0.15, -0.1) is 0 Å². The number of hydrogen-bond acceptors (Lipinski definition) is 3. The van der Waals surface area contributed by atoms with Crippen LogP contribution in [0, 0.1) is 6.92 Å². The maximum absolute atomic E-state index is 6.08. The van der Waals surface area contributed by atoms with Crippen molar-refractivity contribution in [1.82, 2.24) is 5.16 Å². The minimum absolute atomic E-state index is 0.153. The number of nitrogens with two attached hydrogens (primary N) is 1. The van der Waals surface area contributed by atoms with Crippen molar-refractivity contribution >= 4 is 5.88 Å². The molecule has 0 saturated heterocycles. The molecule has 3 nitrogen and oxygen atoms in total. The average Bonchev–Trinajstić information content (AvgIpc) is 3.06. The molecule has 3 heteroatoms. The largest absolute Gasteiger partial charge is 0.367 e. The van der Waals surface area contributed by atoms with E-state index in [9.17, 15) is 0 Å². The Balaban J connectivity index is 2.15. The summed E-state index contributed by atoms with van der Waals surface area (Å²) in [5, 5.41) is 4.35. The smallest absolute Gasteiger partial charge is 0.230 e. The number of aromatic nitrogens is 1. The first-order valence-electron chi connectivity index (χ1n) is 7.49. The van der Waals surface area contributed by atoms with Crippen LogP contribution in [0.5, 0.6) is 0 Å². The molecule has 1 heterocycles. The minimum atomic E-state index is 0.153. The van der Waals surface area contributed by atoms with Gasteiger partial charge in [-0.3, -0.25) is 0 Å². The first-order valence-corrected chi connectivity index (χ1v) is 7.49. The standard InChI is InChI=1S/C17H22N2O/c1-3-17(9-4-5-10-17)15-14(16(18)20-19-15)13-8-6-7-12(2)11-13/h6-8,11H,3-5,9-10,18H2,1-2H3. The summed E-state index contributed by atoms with van der Waals surface area (Å²) in [5.41, 5.74) is 10.7. The fourth-order valence-corrected chi connectivity index (χ4v) is 3.55. The molecule has 1 aromatic carbocycles. The molecule has 1 aromatic heterocycles. The lowest BCUT2D eigenvalue weighted by Gasteiger charge is -2.26. The molecule has 1 fully saturated rings. The number of benzene rings is 1. The van der Waals surface area contributed by atoms with Gasteiger partial charge < -0.3 is 10.3 Å². The fourth-order valence-electron chi connectivity index (χ4n) is 3.55. The van der Waals surface area contributed by atoms with Crippen LogP contribution in [-0.2, 0) is 5.41 Å². The summed E-state index contributed by atoms with van der Waals surface area (Å²) in [5.74, 6) is 0.449. The Hall–Kier alpha value is -1.77. The maximum atomic E-state index is 6.08. The van der Waals surface area contributed by atoms with Gasteiger partial charge in [0.2, 0.25) is 5.88 Å². The molecule has 1 aliphatic rings. The van der Waals surface area contributed by atoms with Crippen molar-refractivity contribution in [2.75, 3.05) is 5.73 Å². The van der Waals surface area contributed by atoms with E-state index in [2.05, 4.69) is 43.3 Å². The van der Waals surface area contributed by atoms with Crippen LogP contribution in [0.1, 0.15) is 50.3 Å². The zero-order valence-electron chi connectivity index (χ0n) is 12.3. The topological polar surface area (TPSA) is 52.0 Å². The first kappa shape index (κ1) is 13.2. The molecule has 0 amide bonds. The van der Waals surface area contributed by atoms with Gasteiger partial charge in [-0.25, -0.2) is 0 Å². The maximum Gasteiger partial charge on any atom is 0.230 e. The van der Waals surface area contributed by atoms with Crippen molar-refractivity contribution in [2.45, 2.75) is 51.4 Å². The highest BCUT2D eigenvalue weighted by Crippen LogP contribution is 2.48. The Morgan fingerprint density at radius 1 is 1.30 bits per heavy atom. The van der Waals surface area contributed by atoms with E-state index in [4.69, 9.17) is 10.3 Å². The Kier molecular flexibility index (Phi) is 3.28. The molecule has 1 saturated carbocycles. The molecular formula is C17H22N2O. The van der Waals surface area contributed by atoms with Crippen LogP contribution < -0.4 is 5.73 Å². The van der Waals surface area contributed by atoms with Gasteiger partial charge in [0.05, 0.1) is 11.3 Å². The lowest BCUT2D eigenvalue weighted by molar-refractivity contribution is 0.361. The summed E-state index contributed by atoms with van der Waals surface area (Å²) < 4.78 is 5.36. The molecule has 1 aliphatic carbocycles. The summed E-state index contributed by atoms with van der Waals surface area (Å²) >= 11 is 0. The van der Waals surface area contributed by atoms with Crippen molar-refractivity contribution in [3.8, 4) is 11.1 Å². The van der Waals surface area contributed by atoms with Gasteiger partial charge in [-0.1, -0.05) is 54.8 Å². The number of rotatable bonds is 3. The first-order chi connectivity index (χ1) is 9.66. The third kappa shape index (κ3) is 2.01. The van der Waals surface area contributed by atoms with E-state index in [1.165, 1.54) is 31.2 Å². The highest BCUT2D eigenvalue weighted by atomic mass is 16.5. The van der Waals surface area contributed by atoms with Gasteiger partial charge in [0.15, 0.2) is 0 Å². The number of nitrogens with zero attached hydrogens (tertiary/aromatic N) is 1. The van der Waals surface area contributed by atoms with Crippen LogP contribution in [0.2, 0.25) is 0 Å². The van der Waals surface area contributed by atoms with Crippen LogP contribution in [0.25, 0.3) is 11.1 Å². The predicted octanol–water partition coefficient (Wildman–Crippen LogP) is 4.45. The summed E-state index contributed by atoms with van der Waals surface area (Å²) in [6.45, 7) is 4.34. The molecule has 0 atom stereocenters. The Bertz CT molecular complexity index is 609. The monoisotopic (exact) mass is 270 g/mol. The lowest BCUT2D eigenvalue weighted by atomic mass is 9.77. The molecule has 20 heavy (non-hydrogen) atoms. The van der Waals surface area contributed by atoms with E-state index in [1.54, 1.807) is 0 Å². The molecule has 2 aromatic rings. The molecular weight excluding hydrogens is 248 g/mol. The van der Waals surface area contributed by atoms with Crippen molar-refractivity contribution in [3.63, 3.8) is 0 Å². The van der Waals surface area contributed by atoms with Crippen molar-refractivity contribution in [2.24, 2.45) is 0 Å². The second-order valence-electron chi connectivity index (χ2n) is 5.98. The third-order valence-corrected chi connectivity index (χ3v) is 4.77. The van der Waals surface area contributed by atoms with Gasteiger partial charge in [-0.2, -0.15) is 0 Å². The van der Waals surface area contributed by atoms with Crippen LogP contribution in [0.4, 0.5) is 5.88 Å². The third-order valence-electron chi connectivity index (χ3n) is 4.77. The van der Waals surface area contributed by atoms with Crippen LogP contribution >= 0.6 is 0 Å². The van der Waals surface area contributed by atoms with Crippen LogP contribution in [-0.4, -0.2) is 5.16 Å². The molecule has 0 aliphatic heterocycles. The molecule has 106 valence electrons. The van der Waals surface area contributed by atoms with Crippen molar-refractivity contribution in [1.29, 1.82) is 0 Å². The highest BCUT2D eigenvalue weighted by Gasteiger charge is 2.39. The molecule has 3 rings (SSSR count). The number of aryl methyl sites for hydroxylation is 1. The second-order valence-corrected chi connectivity index (χ2v) is 5.98. The number of anilines is 1. The van der Waals surface area contributed by atoms with Gasteiger partial charge >= 0.3 is 0 Å². The van der Waals surface area contributed by atoms with Crippen molar-refractivity contribution < 1.29 is 4.52 Å². The minimum Gasteiger partial charge on any atom is -0.367 e. The molecule has 0 bridgehead atoms. The lowest BCUT2D eigenvalue weighted by Crippen LogP contribution is -2.22. The van der Waals surface area contributed by atoms with Gasteiger partial charge in [0, 0.05) is 5.41 Å². The second kappa shape index (κ2) is 4.97. The predicted molar refractivity (Wildman–Crippen MR) is 81.5 cm³/mol. The Labute approximate surface area is 120 Å². The molecule has 0 radical (unpaired) electrons. The van der Waals surface area contributed by atoms with E-state index < -0.39 is 0 Å². The molecule has 2 N–H and O–H groups in total. The van der Waals surface area contributed by atoms with Gasteiger partial charge in [0.25, 0.3) is 0 Å². The van der Waals surface area contributed by atoms with E-state index in [-0.39, 0.29) is 5.41 Å². The van der Waals surface area contributed by atoms with E-state index in [1.807, 2.05) is 0 Å². The summed E-state index contributed by atoms with van der Waals surface area (Å²) in [6.07, 6.45) is 6.02. The summed E-state index contributed by atoms with van der Waals surface area (Å²) in [7, 11) is 0. The summed E-state index contributed by atoms with van der Waals surface area (Å²) in [6, 6.07) is 8.41. The van der Waals surface area contributed by atoms with Gasteiger partial charge in [-0.05, 0) is 31.7 Å². The van der Waals surface area contributed by atoms with Crippen LogP contribution in [0.15, 0.2) is 28.8 Å². The van der Waals surface area contributed by atoms with Crippen molar-refractivity contribution in [3.05, 3.63) is 35.5 Å². The van der Waals surface area contributed by atoms with E-state index >= 15 is 0 Å². The quantitative estimate of drug-likeness (QED) is 0.896. The zero-order chi connectivity index (χ0) is 14.2. The average molecular weight is 270 g/mol. The Morgan fingerprint density at radius 3 is 2.70 bits per heavy atom. The zero-order valence-corrected chi connectivity index (χ0v) is 12.3. The van der Waals surface area contributed by atoms with Crippen LogP contribution in [0.3, 0.4) is 0 Å². The number of nitrogen functional groups attached to an aromatic ring is 1. The molecule has 0 spiro atoms. The SMILES string of the molecule is CCC1(c2noc(N)c2-c2cccc(C)c2)CCCC1. The van der Waals surface area contributed by atoms with Gasteiger partial charge in [0.1, 0.15) is 0 Å². The Morgan fingerprint density at radius 2 is 2.05 bits per heavy atom. The highest BCUT2D eigenvalue weighted by molar-refractivity contribution is 5.76. The van der Waals surface area contributed by atoms with E-state index in [0.717, 1.165) is 23.2 Å². The number of hydrogen-bond donors (Lipinski definition) is 1. The van der Waals surface area contributed by atoms with E-state index in [0.29, 0.717) is 5.88 Å². The summed E-state index contributed by atoms with van der Waals surface area (Å²) in [4.78, 5) is 0.